The molecule has 5 nitrogen and oxygen atoms in total. The van der Waals surface area contributed by atoms with Crippen LogP contribution in [0.4, 0.5) is 4.79 Å². The minimum absolute atomic E-state index is 0.212. The predicted octanol–water partition coefficient (Wildman–Crippen LogP) is 3.79. The summed E-state index contributed by atoms with van der Waals surface area (Å²) in [4.78, 5) is 26.4. The third-order valence-electron chi connectivity index (χ3n) is 5.06. The van der Waals surface area contributed by atoms with Gasteiger partial charge in [0.1, 0.15) is 18.8 Å². The number of benzene rings is 2. The smallest absolute Gasteiger partial charge is 0.410 e. The van der Waals surface area contributed by atoms with E-state index in [1.165, 1.54) is 5.56 Å². The van der Waals surface area contributed by atoms with Gasteiger partial charge in [-0.1, -0.05) is 54.6 Å². The molecular formula is C22H21NO4. The van der Waals surface area contributed by atoms with E-state index in [9.17, 15) is 9.59 Å². The van der Waals surface area contributed by atoms with Crippen molar-refractivity contribution in [3.05, 3.63) is 82.9 Å². The van der Waals surface area contributed by atoms with Crippen molar-refractivity contribution >= 4 is 12.1 Å². The van der Waals surface area contributed by atoms with Crippen LogP contribution in [0.25, 0.3) is 0 Å². The van der Waals surface area contributed by atoms with Crippen LogP contribution in [-0.2, 0) is 27.3 Å². The minimum atomic E-state index is -0.497. The molecule has 1 amide bonds. The van der Waals surface area contributed by atoms with Gasteiger partial charge in [-0.3, -0.25) is 4.90 Å². The maximum Gasteiger partial charge on any atom is 0.410 e. The molecule has 0 aromatic heterocycles. The van der Waals surface area contributed by atoms with Crippen molar-refractivity contribution < 1.29 is 19.1 Å². The van der Waals surface area contributed by atoms with Crippen molar-refractivity contribution in [3.63, 3.8) is 0 Å². The third-order valence-corrected chi connectivity index (χ3v) is 5.06. The van der Waals surface area contributed by atoms with E-state index >= 15 is 0 Å². The molecule has 0 unspecified atom stereocenters. The van der Waals surface area contributed by atoms with E-state index in [1.807, 2.05) is 48.5 Å². The van der Waals surface area contributed by atoms with Crippen LogP contribution in [0.5, 0.6) is 0 Å². The van der Waals surface area contributed by atoms with Gasteiger partial charge in [-0.05, 0) is 36.1 Å². The lowest BCUT2D eigenvalue weighted by molar-refractivity contribution is -0.142. The second kappa shape index (κ2) is 7.27. The minimum Gasteiger partial charge on any atom is -0.452 e. The first kappa shape index (κ1) is 17.3. The lowest BCUT2D eigenvalue weighted by atomic mass is 9.89. The van der Waals surface area contributed by atoms with Gasteiger partial charge in [-0.15, -0.1) is 0 Å². The van der Waals surface area contributed by atoms with Crippen LogP contribution in [0.3, 0.4) is 0 Å². The van der Waals surface area contributed by atoms with Gasteiger partial charge in [0.25, 0.3) is 0 Å². The Balaban J connectivity index is 1.59. The molecule has 2 aliphatic heterocycles. The number of amides is 1. The molecule has 0 fully saturated rings. The molecule has 2 aliphatic rings. The molecule has 2 heterocycles. The summed E-state index contributed by atoms with van der Waals surface area (Å²) in [6, 6.07) is 17.2. The van der Waals surface area contributed by atoms with E-state index < -0.39 is 12.2 Å². The number of hydrogen-bond donors (Lipinski definition) is 0. The van der Waals surface area contributed by atoms with Crippen molar-refractivity contribution in [1.82, 2.24) is 4.90 Å². The van der Waals surface area contributed by atoms with Crippen LogP contribution in [-0.4, -0.2) is 29.6 Å². The normalized spacial score (nSPS) is 21.3. The summed E-state index contributed by atoms with van der Waals surface area (Å²) < 4.78 is 11.1. The highest BCUT2D eigenvalue weighted by Gasteiger charge is 2.40. The Bertz CT molecular complexity index is 890. The number of carbonyl (C=O) groups excluding carboxylic acids is 2. The SMILES string of the molecule is CC1=C[C@H]([C@@H]2c3ccccc3CCN2C(=O)OCc2ccccc2)OC1=O. The van der Waals surface area contributed by atoms with Gasteiger partial charge in [0.05, 0.1) is 0 Å². The molecule has 2 aromatic carbocycles. The predicted molar refractivity (Wildman–Crippen MR) is 99.9 cm³/mol. The molecule has 2 atom stereocenters. The van der Waals surface area contributed by atoms with Crippen molar-refractivity contribution in [3.8, 4) is 0 Å². The molecule has 138 valence electrons. The first-order valence-corrected chi connectivity index (χ1v) is 9.08. The summed E-state index contributed by atoms with van der Waals surface area (Å²) in [7, 11) is 0. The summed E-state index contributed by atoms with van der Waals surface area (Å²) in [6.07, 6.45) is 1.65. The standard InChI is InChI=1S/C22H21NO4/c1-15-13-19(27-21(15)24)20-18-10-6-5-9-17(18)11-12-23(20)22(25)26-14-16-7-3-2-4-8-16/h2-10,13,19-20H,11-12,14H2,1H3/t19-,20+/m1/s1. The number of rotatable bonds is 3. The highest BCUT2D eigenvalue weighted by atomic mass is 16.6. The van der Waals surface area contributed by atoms with Crippen molar-refractivity contribution in [2.75, 3.05) is 6.54 Å². The highest BCUT2D eigenvalue weighted by Crippen LogP contribution is 2.37. The molecule has 0 aliphatic carbocycles. The van der Waals surface area contributed by atoms with Crippen molar-refractivity contribution in [1.29, 1.82) is 0 Å². The number of nitrogens with zero attached hydrogens (tertiary/aromatic N) is 1. The van der Waals surface area contributed by atoms with E-state index in [1.54, 1.807) is 17.9 Å². The monoisotopic (exact) mass is 363 g/mol. The fourth-order valence-corrected chi connectivity index (χ4v) is 3.68. The molecule has 4 rings (SSSR count). The van der Waals surface area contributed by atoms with Crippen LogP contribution >= 0.6 is 0 Å². The zero-order chi connectivity index (χ0) is 18.8. The van der Waals surface area contributed by atoms with E-state index in [0.29, 0.717) is 12.1 Å². The molecule has 0 bridgehead atoms. The van der Waals surface area contributed by atoms with Gasteiger partial charge in [0.15, 0.2) is 0 Å². The maximum absolute atomic E-state index is 12.9. The maximum atomic E-state index is 12.9. The molecule has 5 heteroatoms. The number of ether oxygens (including phenoxy) is 2. The summed E-state index contributed by atoms with van der Waals surface area (Å²) in [5.74, 6) is -0.333. The topological polar surface area (TPSA) is 55.8 Å². The second-order valence-corrected chi connectivity index (χ2v) is 6.85. The van der Waals surface area contributed by atoms with Crippen LogP contribution in [0.2, 0.25) is 0 Å². The van der Waals surface area contributed by atoms with Crippen LogP contribution < -0.4 is 0 Å². The molecule has 2 aromatic rings. The first-order valence-electron chi connectivity index (χ1n) is 9.08. The zero-order valence-electron chi connectivity index (χ0n) is 15.1. The Morgan fingerprint density at radius 1 is 1.15 bits per heavy atom. The van der Waals surface area contributed by atoms with Crippen molar-refractivity contribution in [2.45, 2.75) is 32.1 Å². The molecule has 27 heavy (non-hydrogen) atoms. The lowest BCUT2D eigenvalue weighted by Crippen LogP contribution is -2.45. The Kier molecular flexibility index (Phi) is 4.67. The molecule has 0 saturated heterocycles. The Labute approximate surface area is 158 Å². The quantitative estimate of drug-likeness (QED) is 0.779. The van der Waals surface area contributed by atoms with Crippen molar-refractivity contribution in [2.24, 2.45) is 0 Å². The summed E-state index contributed by atoms with van der Waals surface area (Å²) in [6.45, 7) is 2.47. The Morgan fingerprint density at radius 3 is 2.63 bits per heavy atom. The van der Waals surface area contributed by atoms with E-state index in [0.717, 1.165) is 17.5 Å². The lowest BCUT2D eigenvalue weighted by Gasteiger charge is -2.38. The third kappa shape index (κ3) is 3.45. The highest BCUT2D eigenvalue weighted by molar-refractivity contribution is 5.90. The summed E-state index contributed by atoms with van der Waals surface area (Å²) >= 11 is 0. The number of hydrogen-bond acceptors (Lipinski definition) is 4. The number of cyclic esters (lactones) is 1. The summed E-state index contributed by atoms with van der Waals surface area (Å²) in [5.41, 5.74) is 3.68. The Morgan fingerprint density at radius 2 is 1.89 bits per heavy atom. The average Bonchev–Trinajstić information content (AvgIpc) is 3.04. The van der Waals surface area contributed by atoms with Gasteiger partial charge in [-0.2, -0.15) is 0 Å². The number of fused-ring (bicyclic) bond motifs is 1. The van der Waals surface area contributed by atoms with Gasteiger partial charge >= 0.3 is 12.1 Å². The van der Waals surface area contributed by atoms with Crippen LogP contribution in [0.15, 0.2) is 66.2 Å². The fourth-order valence-electron chi connectivity index (χ4n) is 3.68. The van der Waals surface area contributed by atoms with E-state index in [2.05, 4.69) is 6.07 Å². The summed E-state index contributed by atoms with van der Waals surface area (Å²) in [5, 5.41) is 0. The molecular weight excluding hydrogens is 342 g/mol. The van der Waals surface area contributed by atoms with E-state index in [-0.39, 0.29) is 18.6 Å². The molecule has 0 radical (unpaired) electrons. The average molecular weight is 363 g/mol. The fraction of sp³-hybridized carbons (Fsp3) is 0.273. The molecule has 0 saturated carbocycles. The molecule has 0 N–H and O–H groups in total. The first-order chi connectivity index (χ1) is 13.1. The molecule has 0 spiro atoms. The van der Waals surface area contributed by atoms with E-state index in [4.69, 9.17) is 9.47 Å². The number of esters is 1. The van der Waals surface area contributed by atoms with Gasteiger partial charge < -0.3 is 9.47 Å². The largest absolute Gasteiger partial charge is 0.452 e. The second-order valence-electron chi connectivity index (χ2n) is 6.85. The van der Waals surface area contributed by atoms with Gasteiger partial charge in [0.2, 0.25) is 0 Å². The van der Waals surface area contributed by atoms with Crippen LogP contribution in [0, 0.1) is 0 Å². The van der Waals surface area contributed by atoms with Crippen LogP contribution in [0.1, 0.15) is 29.7 Å². The van der Waals surface area contributed by atoms with Gasteiger partial charge in [0, 0.05) is 12.1 Å². The zero-order valence-corrected chi connectivity index (χ0v) is 15.1. The van der Waals surface area contributed by atoms with Gasteiger partial charge in [-0.25, -0.2) is 9.59 Å². The Hall–Kier alpha value is -3.08. The number of carbonyl (C=O) groups is 2.